The lowest BCUT2D eigenvalue weighted by Crippen LogP contribution is -2.29. The van der Waals surface area contributed by atoms with Gasteiger partial charge in [-0.1, -0.05) is 11.6 Å². The average molecular weight is 713 g/mol. The van der Waals surface area contributed by atoms with E-state index in [0.717, 1.165) is 19.0 Å². The molecule has 17 heteroatoms. The van der Waals surface area contributed by atoms with Crippen molar-refractivity contribution < 1.29 is 36.2 Å². The van der Waals surface area contributed by atoms with Crippen LogP contribution in [0.25, 0.3) is 0 Å². The number of benzene rings is 1. The Morgan fingerprint density at radius 1 is 1.16 bits per heavy atom. The van der Waals surface area contributed by atoms with Gasteiger partial charge < -0.3 is 25.0 Å². The maximum Gasteiger partial charge on any atom is 0.418 e. The van der Waals surface area contributed by atoms with Crippen LogP contribution in [0, 0.1) is 5.82 Å². The molecule has 0 radical (unpaired) electrons. The third-order valence-electron chi connectivity index (χ3n) is 9.31. The number of nitrogens with zero attached hydrogens (tertiary/aromatic N) is 7. The first kappa shape index (κ1) is 35.1. The number of nitrogen functional groups attached to an aromatic ring is 1. The number of carbonyl (C=O) groups is 1. The average Bonchev–Trinajstić information content (AvgIpc) is 3.66. The van der Waals surface area contributed by atoms with Crippen molar-refractivity contribution in [2.24, 2.45) is 0 Å². The number of fused-ring (bicyclic) bond motifs is 3. The highest BCUT2D eigenvalue weighted by Crippen LogP contribution is 2.44. The van der Waals surface area contributed by atoms with Crippen LogP contribution in [0.5, 0.6) is 6.01 Å². The maximum atomic E-state index is 15.4. The SMILES string of the molecule is COc1nc2c(c(N3CCCn4nc(C(=O)N(C)C)c(F)c4C3)n1)COC(c1cc(N)cc(Cl)c1C(F)(F)F)C2.FC1CC2CCCN2C1. The molecule has 4 aliphatic rings. The fourth-order valence-electron chi connectivity index (χ4n) is 7.02. The molecule has 4 aliphatic heterocycles. The summed E-state index contributed by atoms with van der Waals surface area (Å²) < 4.78 is 82.4. The lowest BCUT2D eigenvalue weighted by molar-refractivity contribution is -0.139. The van der Waals surface area contributed by atoms with E-state index in [4.69, 9.17) is 26.8 Å². The van der Waals surface area contributed by atoms with Crippen LogP contribution in [0.4, 0.5) is 33.5 Å². The standard InChI is InChI=1S/C25H26ClF4N7O3.C7H12FN/c1-35(2)23(38)21-20(27)17-10-36(5-4-6-37(17)34-21)22-14-11-40-18(9-16(14)32-24(33-22)39-3)13-7-12(31)8-15(26)19(13)25(28,29)30;8-6-4-7-2-1-3-9(7)5-6/h7-8,18H,4-6,9-11,31H2,1-3H3;6-7H,1-5H2. The molecule has 0 spiro atoms. The molecule has 3 aromatic rings. The molecule has 0 saturated carbocycles. The van der Waals surface area contributed by atoms with Gasteiger partial charge in [0.1, 0.15) is 12.0 Å². The first-order valence-electron chi connectivity index (χ1n) is 16.1. The van der Waals surface area contributed by atoms with Gasteiger partial charge >= 0.3 is 12.2 Å². The molecule has 1 aromatic carbocycles. The summed E-state index contributed by atoms with van der Waals surface area (Å²) in [6.07, 6.45) is -2.44. The summed E-state index contributed by atoms with van der Waals surface area (Å²) in [5, 5.41) is 3.68. The van der Waals surface area contributed by atoms with Gasteiger partial charge in [0.15, 0.2) is 11.5 Å². The van der Waals surface area contributed by atoms with E-state index in [-0.39, 0.29) is 48.2 Å². The van der Waals surface area contributed by atoms with Gasteiger partial charge in [-0.2, -0.15) is 28.2 Å². The Bertz CT molecular complexity index is 1710. The Kier molecular flexibility index (Phi) is 9.93. The lowest BCUT2D eigenvalue weighted by Gasteiger charge is -2.31. The topological polar surface area (TPSA) is 115 Å². The summed E-state index contributed by atoms with van der Waals surface area (Å²) in [4.78, 5) is 26.7. The van der Waals surface area contributed by atoms with Crippen molar-refractivity contribution in [3.63, 3.8) is 0 Å². The zero-order valence-corrected chi connectivity index (χ0v) is 28.1. The molecular weight excluding hydrogens is 675 g/mol. The second kappa shape index (κ2) is 13.9. The Morgan fingerprint density at radius 3 is 2.63 bits per heavy atom. The molecule has 0 bridgehead atoms. The minimum Gasteiger partial charge on any atom is -0.467 e. The van der Waals surface area contributed by atoms with Gasteiger partial charge in [-0.25, -0.2) is 8.78 Å². The molecule has 6 heterocycles. The van der Waals surface area contributed by atoms with E-state index in [9.17, 15) is 22.4 Å². The summed E-state index contributed by atoms with van der Waals surface area (Å²) in [5.41, 5.74) is 5.59. The number of carbonyl (C=O) groups excluding carboxylic acids is 1. The van der Waals surface area contributed by atoms with Crippen LogP contribution in [-0.4, -0.2) is 88.5 Å². The van der Waals surface area contributed by atoms with Gasteiger partial charge in [0.2, 0.25) is 0 Å². The van der Waals surface area contributed by atoms with E-state index >= 15 is 4.39 Å². The van der Waals surface area contributed by atoms with E-state index in [1.165, 1.54) is 49.7 Å². The minimum atomic E-state index is -4.73. The van der Waals surface area contributed by atoms with Crippen molar-refractivity contribution in [2.75, 3.05) is 51.5 Å². The summed E-state index contributed by atoms with van der Waals surface area (Å²) in [6.45, 7) is 2.61. The zero-order valence-electron chi connectivity index (χ0n) is 27.4. The lowest BCUT2D eigenvalue weighted by atomic mass is 9.94. The van der Waals surface area contributed by atoms with Gasteiger partial charge in [-0.05, 0) is 49.9 Å². The third kappa shape index (κ3) is 7.13. The second-order valence-corrected chi connectivity index (χ2v) is 13.3. The fourth-order valence-corrected chi connectivity index (χ4v) is 7.37. The number of aromatic nitrogens is 4. The predicted octanol–water partition coefficient (Wildman–Crippen LogP) is 5.19. The summed E-state index contributed by atoms with van der Waals surface area (Å²) in [7, 11) is 4.40. The highest BCUT2D eigenvalue weighted by molar-refractivity contribution is 6.31. The van der Waals surface area contributed by atoms with Crippen molar-refractivity contribution in [2.45, 2.75) is 76.3 Å². The van der Waals surface area contributed by atoms with Crippen molar-refractivity contribution in [3.8, 4) is 6.01 Å². The minimum absolute atomic E-state index is 0.00208. The van der Waals surface area contributed by atoms with Gasteiger partial charge in [0.25, 0.3) is 5.91 Å². The Balaban J connectivity index is 0.000000396. The zero-order chi connectivity index (χ0) is 35.2. The van der Waals surface area contributed by atoms with Crippen LogP contribution in [-0.2, 0) is 37.0 Å². The number of nitrogens with two attached hydrogens (primary N) is 1. The Labute approximate surface area is 285 Å². The monoisotopic (exact) mass is 712 g/mol. The number of amides is 1. The molecule has 49 heavy (non-hydrogen) atoms. The fraction of sp³-hybridized carbons (Fsp3) is 0.562. The van der Waals surface area contributed by atoms with Crippen LogP contribution in [0.3, 0.4) is 0 Å². The van der Waals surface area contributed by atoms with E-state index in [1.807, 2.05) is 0 Å². The van der Waals surface area contributed by atoms with E-state index in [0.29, 0.717) is 49.2 Å². The number of alkyl halides is 4. The van der Waals surface area contributed by atoms with Crippen LogP contribution in [0.15, 0.2) is 12.1 Å². The molecule has 1 amide bonds. The van der Waals surface area contributed by atoms with Crippen LogP contribution in [0.1, 0.15) is 70.4 Å². The van der Waals surface area contributed by atoms with Crippen molar-refractivity contribution >= 4 is 29.0 Å². The smallest absolute Gasteiger partial charge is 0.418 e. The predicted molar refractivity (Wildman–Crippen MR) is 171 cm³/mol. The van der Waals surface area contributed by atoms with Gasteiger partial charge in [-0.15, -0.1) is 0 Å². The summed E-state index contributed by atoms with van der Waals surface area (Å²) >= 11 is 5.95. The van der Waals surface area contributed by atoms with E-state index in [1.54, 1.807) is 4.90 Å². The first-order chi connectivity index (χ1) is 23.2. The van der Waals surface area contributed by atoms with Crippen LogP contribution < -0.4 is 15.4 Å². The molecule has 2 aromatic heterocycles. The van der Waals surface area contributed by atoms with E-state index < -0.39 is 40.8 Å². The molecule has 11 nitrogen and oxygen atoms in total. The molecule has 2 fully saturated rings. The highest BCUT2D eigenvalue weighted by Gasteiger charge is 2.40. The third-order valence-corrected chi connectivity index (χ3v) is 9.61. The van der Waals surface area contributed by atoms with Crippen LogP contribution >= 0.6 is 11.6 Å². The normalized spacial score (nSPS) is 22.1. The molecule has 7 rings (SSSR count). The maximum absolute atomic E-state index is 15.4. The number of ether oxygens (including phenoxy) is 2. The molecule has 3 unspecified atom stereocenters. The second-order valence-electron chi connectivity index (χ2n) is 12.9. The first-order valence-corrected chi connectivity index (χ1v) is 16.4. The molecule has 0 aliphatic carbocycles. The number of anilines is 2. The number of halogens is 6. The number of methoxy groups -OCH3 is 1. The van der Waals surface area contributed by atoms with Gasteiger partial charge in [0.05, 0.1) is 48.3 Å². The number of rotatable bonds is 4. The number of hydrogen-bond acceptors (Lipinski definition) is 9. The molecule has 266 valence electrons. The number of hydrogen-bond donors (Lipinski definition) is 1. The Morgan fingerprint density at radius 2 is 1.94 bits per heavy atom. The van der Waals surface area contributed by atoms with Gasteiger partial charge in [0, 0.05) is 57.4 Å². The van der Waals surface area contributed by atoms with E-state index in [2.05, 4.69) is 20.0 Å². The van der Waals surface area contributed by atoms with Crippen molar-refractivity contribution in [3.05, 3.63) is 56.7 Å². The Hall–Kier alpha value is -3.76. The molecule has 3 atom stereocenters. The van der Waals surface area contributed by atoms with Gasteiger partial charge in [-0.3, -0.25) is 14.4 Å². The number of aryl methyl sites for hydroxylation is 1. The molecule has 2 N–H and O–H groups in total. The van der Waals surface area contributed by atoms with Crippen LogP contribution in [0.2, 0.25) is 5.02 Å². The highest BCUT2D eigenvalue weighted by atomic mass is 35.5. The van der Waals surface area contributed by atoms with Crippen molar-refractivity contribution in [1.29, 1.82) is 0 Å². The molecule has 2 saturated heterocycles. The summed E-state index contributed by atoms with van der Waals surface area (Å²) in [6, 6.07) is 2.86. The molecular formula is C32H38ClF5N8O3. The van der Waals surface area contributed by atoms with Crippen molar-refractivity contribution in [1.82, 2.24) is 29.5 Å². The largest absolute Gasteiger partial charge is 0.467 e. The summed E-state index contributed by atoms with van der Waals surface area (Å²) in [5.74, 6) is -0.864. The quantitative estimate of drug-likeness (QED) is 0.288.